The van der Waals surface area contributed by atoms with Gasteiger partial charge < -0.3 is 0 Å². The Labute approximate surface area is 89.1 Å². The molecule has 0 heterocycles. The predicted octanol–water partition coefficient (Wildman–Crippen LogP) is 4.40. The molecule has 0 radical (unpaired) electrons. The van der Waals surface area contributed by atoms with Crippen LogP contribution in [0.15, 0.2) is 0 Å². The first-order chi connectivity index (χ1) is 6.58. The molecular weight excluding hydrogens is 179 g/mol. The second-order valence-electron chi connectivity index (χ2n) is 3.14. The van der Waals surface area contributed by atoms with Crippen molar-refractivity contribution in [1.82, 2.24) is 0 Å². The van der Waals surface area contributed by atoms with Gasteiger partial charge in [0.1, 0.15) is 6.67 Å². The third-order valence-electron chi connectivity index (χ3n) is 1.67. The summed E-state index contributed by atoms with van der Waals surface area (Å²) in [6.07, 6.45) is 4.08. The summed E-state index contributed by atoms with van der Waals surface area (Å²) in [5, 5.41) is 0. The summed E-state index contributed by atoms with van der Waals surface area (Å²) in [5.74, 6) is 0.537. The summed E-state index contributed by atoms with van der Waals surface area (Å²) in [6.45, 7) is 11.2. The van der Waals surface area contributed by atoms with Gasteiger partial charge in [0.25, 0.3) is 0 Å². The molecule has 0 aliphatic carbocycles. The van der Waals surface area contributed by atoms with Crippen LogP contribution >= 0.6 is 0 Å². The van der Waals surface area contributed by atoms with Gasteiger partial charge >= 0.3 is 0 Å². The lowest BCUT2D eigenvalue weighted by Crippen LogP contribution is -1.88. The van der Waals surface area contributed by atoms with Crippen LogP contribution in [0.2, 0.25) is 0 Å². The second-order valence-corrected chi connectivity index (χ2v) is 3.14. The molecule has 0 rings (SSSR count). The SMILES string of the molecule is CC.CC(=O)CF.CCCC(C)CC. The van der Waals surface area contributed by atoms with Crippen molar-refractivity contribution in [2.45, 2.75) is 60.8 Å². The molecule has 2 heteroatoms. The molecule has 0 aromatic carbocycles. The molecule has 0 amide bonds. The van der Waals surface area contributed by atoms with Crippen molar-refractivity contribution in [2.24, 2.45) is 5.92 Å². The van der Waals surface area contributed by atoms with E-state index >= 15 is 0 Å². The largest absolute Gasteiger partial charge is 0.297 e. The standard InChI is InChI=1S/C7H16.C3H5FO.C2H6/c1-4-6-7(3)5-2;1-3(5)2-4;1-2/h7H,4-6H2,1-3H3;2H2,1H3;1-2H3. The minimum absolute atomic E-state index is 0.412. The molecule has 1 nitrogen and oxygen atoms in total. The summed E-state index contributed by atoms with van der Waals surface area (Å²) in [6, 6.07) is 0. The molecule has 0 bridgehead atoms. The van der Waals surface area contributed by atoms with Crippen molar-refractivity contribution in [1.29, 1.82) is 0 Å². The van der Waals surface area contributed by atoms with Crippen LogP contribution in [-0.2, 0) is 4.79 Å². The first-order valence-electron chi connectivity index (χ1n) is 5.63. The van der Waals surface area contributed by atoms with Crippen LogP contribution < -0.4 is 0 Å². The van der Waals surface area contributed by atoms with Gasteiger partial charge in [-0.1, -0.05) is 53.9 Å². The Bertz CT molecular complexity index is 102. The fourth-order valence-corrected chi connectivity index (χ4v) is 0.697. The summed E-state index contributed by atoms with van der Waals surface area (Å²) in [7, 11) is 0. The smallest absolute Gasteiger partial charge is 0.160 e. The average molecular weight is 206 g/mol. The number of hydrogen-bond donors (Lipinski definition) is 0. The zero-order valence-corrected chi connectivity index (χ0v) is 10.7. The van der Waals surface area contributed by atoms with Crippen LogP contribution in [0.25, 0.3) is 0 Å². The number of carbonyl (C=O) groups is 1. The molecule has 0 fully saturated rings. The first-order valence-corrected chi connectivity index (χ1v) is 5.63. The topological polar surface area (TPSA) is 17.1 Å². The first kappa shape index (κ1) is 19.2. The van der Waals surface area contributed by atoms with Crippen molar-refractivity contribution in [2.75, 3.05) is 6.67 Å². The van der Waals surface area contributed by atoms with Crippen LogP contribution in [0.4, 0.5) is 4.39 Å². The molecule has 0 spiro atoms. The Balaban J connectivity index is -0.000000152. The molecule has 0 saturated heterocycles. The summed E-state index contributed by atoms with van der Waals surface area (Å²) < 4.78 is 10.8. The van der Waals surface area contributed by atoms with E-state index in [1.165, 1.54) is 26.2 Å². The molecule has 0 aromatic rings. The zero-order valence-electron chi connectivity index (χ0n) is 10.7. The van der Waals surface area contributed by atoms with E-state index in [0.717, 1.165) is 5.92 Å². The van der Waals surface area contributed by atoms with Gasteiger partial charge in [-0.15, -0.1) is 0 Å². The van der Waals surface area contributed by atoms with E-state index in [2.05, 4.69) is 20.8 Å². The van der Waals surface area contributed by atoms with E-state index in [0.29, 0.717) is 0 Å². The van der Waals surface area contributed by atoms with Gasteiger partial charge in [-0.25, -0.2) is 4.39 Å². The monoisotopic (exact) mass is 206 g/mol. The van der Waals surface area contributed by atoms with E-state index in [4.69, 9.17) is 0 Å². The summed E-state index contributed by atoms with van der Waals surface area (Å²) in [5.41, 5.74) is 0. The van der Waals surface area contributed by atoms with Crippen molar-refractivity contribution >= 4 is 5.78 Å². The van der Waals surface area contributed by atoms with Crippen molar-refractivity contribution in [3.05, 3.63) is 0 Å². The highest BCUT2D eigenvalue weighted by atomic mass is 19.1. The minimum Gasteiger partial charge on any atom is -0.297 e. The average Bonchev–Trinajstić information content (AvgIpc) is 2.22. The molecule has 1 atom stereocenters. The lowest BCUT2D eigenvalue weighted by Gasteiger charge is -2.02. The van der Waals surface area contributed by atoms with Crippen LogP contribution in [0, 0.1) is 5.92 Å². The molecule has 14 heavy (non-hydrogen) atoms. The molecule has 88 valence electrons. The van der Waals surface area contributed by atoms with Crippen molar-refractivity contribution in [3.63, 3.8) is 0 Å². The quantitative estimate of drug-likeness (QED) is 0.666. The molecular formula is C12H27FO. The molecule has 0 aromatic heterocycles. The Morgan fingerprint density at radius 3 is 1.71 bits per heavy atom. The number of alkyl halides is 1. The van der Waals surface area contributed by atoms with Crippen molar-refractivity contribution in [3.8, 4) is 0 Å². The van der Waals surface area contributed by atoms with Crippen LogP contribution in [0.5, 0.6) is 0 Å². The maximum absolute atomic E-state index is 10.8. The maximum Gasteiger partial charge on any atom is 0.160 e. The van der Waals surface area contributed by atoms with Crippen LogP contribution in [0.1, 0.15) is 60.8 Å². The number of hydrogen-bond acceptors (Lipinski definition) is 1. The maximum atomic E-state index is 10.8. The Hall–Kier alpha value is -0.400. The van der Waals surface area contributed by atoms with Gasteiger partial charge in [0.05, 0.1) is 0 Å². The van der Waals surface area contributed by atoms with E-state index < -0.39 is 12.5 Å². The predicted molar refractivity (Wildman–Crippen MR) is 62.4 cm³/mol. The van der Waals surface area contributed by atoms with E-state index in [1.54, 1.807) is 0 Å². The third-order valence-corrected chi connectivity index (χ3v) is 1.67. The lowest BCUT2D eigenvalue weighted by molar-refractivity contribution is -0.117. The molecule has 0 aliphatic rings. The normalized spacial score (nSPS) is 10.2. The molecule has 1 unspecified atom stereocenters. The van der Waals surface area contributed by atoms with Crippen molar-refractivity contribution < 1.29 is 9.18 Å². The van der Waals surface area contributed by atoms with Crippen LogP contribution in [0.3, 0.4) is 0 Å². The highest BCUT2D eigenvalue weighted by Gasteiger charge is 1.92. The third kappa shape index (κ3) is 29.9. The number of Topliss-reactive ketones (excluding diaryl/α,β-unsaturated/α-hetero) is 1. The van der Waals surface area contributed by atoms with Gasteiger partial charge in [0.2, 0.25) is 0 Å². The van der Waals surface area contributed by atoms with E-state index in [-0.39, 0.29) is 0 Å². The van der Waals surface area contributed by atoms with Gasteiger partial charge in [0.15, 0.2) is 5.78 Å². The summed E-state index contributed by atoms with van der Waals surface area (Å²) >= 11 is 0. The van der Waals surface area contributed by atoms with Gasteiger partial charge in [-0.3, -0.25) is 4.79 Å². The Morgan fingerprint density at radius 2 is 1.64 bits per heavy atom. The number of halogens is 1. The minimum atomic E-state index is -0.833. The van der Waals surface area contributed by atoms with E-state index in [9.17, 15) is 9.18 Å². The number of ketones is 1. The van der Waals surface area contributed by atoms with Crippen LogP contribution in [-0.4, -0.2) is 12.5 Å². The Kier molecular flexibility index (Phi) is 25.3. The van der Waals surface area contributed by atoms with Gasteiger partial charge in [-0.05, 0) is 12.8 Å². The second kappa shape index (κ2) is 18.4. The molecule has 0 N–H and O–H groups in total. The van der Waals surface area contributed by atoms with Gasteiger partial charge in [-0.2, -0.15) is 0 Å². The Morgan fingerprint density at radius 1 is 1.29 bits per heavy atom. The lowest BCUT2D eigenvalue weighted by atomic mass is 10.0. The fraction of sp³-hybridized carbons (Fsp3) is 0.917. The molecule has 0 aliphatic heterocycles. The number of rotatable bonds is 4. The summed E-state index contributed by atoms with van der Waals surface area (Å²) in [4.78, 5) is 9.44. The van der Waals surface area contributed by atoms with E-state index in [1.807, 2.05) is 13.8 Å². The fourth-order valence-electron chi connectivity index (χ4n) is 0.697. The molecule has 0 saturated carbocycles. The number of carbonyl (C=O) groups excluding carboxylic acids is 1. The zero-order chi connectivity index (χ0) is 12.0. The highest BCUT2D eigenvalue weighted by Crippen LogP contribution is 2.07. The van der Waals surface area contributed by atoms with Gasteiger partial charge in [0, 0.05) is 0 Å². The highest BCUT2D eigenvalue weighted by molar-refractivity contribution is 5.76.